The Kier molecular flexibility index (Phi) is 6.87. The van der Waals surface area contributed by atoms with Gasteiger partial charge in [0.2, 0.25) is 17.7 Å². The van der Waals surface area contributed by atoms with E-state index in [1.165, 1.54) is 4.90 Å². The van der Waals surface area contributed by atoms with Crippen LogP contribution in [0.4, 0.5) is 0 Å². The molecule has 4 fully saturated rings. The monoisotopic (exact) mass is 502 g/mol. The van der Waals surface area contributed by atoms with E-state index in [0.29, 0.717) is 39.1 Å². The average Bonchev–Trinajstić information content (AvgIpc) is 3.35. The third-order valence-corrected chi connectivity index (χ3v) is 7.82. The Balaban J connectivity index is 1.54. The molecule has 6 atom stereocenters. The second-order valence-corrected chi connectivity index (χ2v) is 9.81. The first-order valence-electron chi connectivity index (χ1n) is 11.0. The molecule has 3 N–H and O–H groups in total. The molecule has 0 aliphatic carbocycles. The summed E-state index contributed by atoms with van der Waals surface area (Å²) >= 11 is 3.61. The normalized spacial score (nSPS) is 37.2. The highest BCUT2D eigenvalue weighted by atomic mass is 79.9. The summed E-state index contributed by atoms with van der Waals surface area (Å²) in [6, 6.07) is -0.819. The maximum Gasteiger partial charge on any atom is 0.245 e. The largest absolute Gasteiger partial charge is 0.396 e. The van der Waals surface area contributed by atoms with E-state index in [4.69, 9.17) is 9.47 Å². The minimum atomic E-state index is -1.04. The highest BCUT2D eigenvalue weighted by Crippen LogP contribution is 2.59. The number of hydrogen-bond acceptors (Lipinski definition) is 7. The Hall–Kier alpha value is -1.27. The summed E-state index contributed by atoms with van der Waals surface area (Å²) in [7, 11) is 1.54. The van der Waals surface area contributed by atoms with Gasteiger partial charge in [-0.2, -0.15) is 0 Å². The molecule has 3 amide bonds. The number of hydrogen-bond donors (Lipinski definition) is 3. The molecular weight excluding hydrogens is 472 g/mol. The zero-order valence-corrected chi connectivity index (χ0v) is 19.3. The summed E-state index contributed by atoms with van der Waals surface area (Å²) in [5.41, 5.74) is -1.04. The standard InChI is InChI=1S/C20H31BrN4O6/c1-22-17(27)13-14-19(29)25(4-2-8-26)16(20(14)11-12(21)15(13)31-20)18(28)23-3-5-24-6-9-30-10-7-24/h12-16,26H,2-11H2,1H3,(H,22,27)(H,23,28)/t12?,13-,14+,15-,16?,20?/m1/s1. The molecule has 31 heavy (non-hydrogen) atoms. The first kappa shape index (κ1) is 22.9. The van der Waals surface area contributed by atoms with Crippen molar-refractivity contribution in [3.63, 3.8) is 0 Å². The van der Waals surface area contributed by atoms with E-state index in [2.05, 4.69) is 31.5 Å². The average molecular weight is 503 g/mol. The lowest BCUT2D eigenvalue weighted by atomic mass is 9.70. The van der Waals surface area contributed by atoms with Crippen LogP contribution in [0.2, 0.25) is 0 Å². The number of carbonyl (C=O) groups is 3. The highest BCUT2D eigenvalue weighted by Gasteiger charge is 2.76. The van der Waals surface area contributed by atoms with E-state index in [9.17, 15) is 19.5 Å². The molecule has 0 radical (unpaired) electrons. The van der Waals surface area contributed by atoms with Crippen molar-refractivity contribution in [2.45, 2.75) is 35.4 Å². The third-order valence-electron chi connectivity index (χ3n) is 6.97. The van der Waals surface area contributed by atoms with Crippen LogP contribution in [0.3, 0.4) is 0 Å². The lowest BCUT2D eigenvalue weighted by Crippen LogP contribution is -2.56. The first-order valence-corrected chi connectivity index (χ1v) is 11.9. The number of aliphatic hydroxyl groups excluding tert-OH is 1. The molecule has 4 aliphatic heterocycles. The maximum atomic E-state index is 13.4. The quantitative estimate of drug-likeness (QED) is 0.338. The van der Waals surface area contributed by atoms with Gasteiger partial charge in [0.25, 0.3) is 0 Å². The molecule has 11 heteroatoms. The van der Waals surface area contributed by atoms with Crippen molar-refractivity contribution in [1.82, 2.24) is 20.4 Å². The van der Waals surface area contributed by atoms with Crippen LogP contribution in [-0.4, -0.2) is 115 Å². The topological polar surface area (TPSA) is 120 Å². The van der Waals surface area contributed by atoms with Gasteiger partial charge in [0.15, 0.2) is 0 Å². The fourth-order valence-electron chi connectivity index (χ4n) is 5.64. The van der Waals surface area contributed by atoms with Gasteiger partial charge in [-0.25, -0.2) is 0 Å². The van der Waals surface area contributed by atoms with Crippen LogP contribution in [0, 0.1) is 11.8 Å². The number of nitrogens with zero attached hydrogens (tertiary/aromatic N) is 2. The van der Waals surface area contributed by atoms with Crippen molar-refractivity contribution < 1.29 is 29.0 Å². The summed E-state index contributed by atoms with van der Waals surface area (Å²) in [6.07, 6.45) is 0.397. The van der Waals surface area contributed by atoms with Crippen molar-refractivity contribution in [3.8, 4) is 0 Å². The van der Waals surface area contributed by atoms with E-state index < -0.39 is 29.6 Å². The van der Waals surface area contributed by atoms with Gasteiger partial charge in [0, 0.05) is 51.2 Å². The van der Waals surface area contributed by atoms with Crippen molar-refractivity contribution in [1.29, 1.82) is 0 Å². The minimum absolute atomic E-state index is 0.0871. The molecule has 4 saturated heterocycles. The Morgan fingerprint density at radius 1 is 1.26 bits per heavy atom. The fraction of sp³-hybridized carbons (Fsp3) is 0.850. The van der Waals surface area contributed by atoms with E-state index in [1.54, 1.807) is 7.05 Å². The summed E-state index contributed by atoms with van der Waals surface area (Å²) in [4.78, 5) is 43.1. The zero-order valence-electron chi connectivity index (χ0n) is 17.7. The number of likely N-dealkylation sites (tertiary alicyclic amines) is 1. The SMILES string of the molecule is CNC(=O)[C@H]1[C@@H]2OC3(CC2Br)C(C(=O)NCCN2CCOCC2)N(CCCO)C(=O)[C@H]13. The summed E-state index contributed by atoms with van der Waals surface area (Å²) in [5.74, 6) is -2.08. The van der Waals surface area contributed by atoms with Crippen LogP contribution < -0.4 is 10.6 Å². The molecule has 0 saturated carbocycles. The lowest BCUT2D eigenvalue weighted by Gasteiger charge is -2.34. The van der Waals surface area contributed by atoms with Crippen LogP contribution in [0.5, 0.6) is 0 Å². The van der Waals surface area contributed by atoms with Gasteiger partial charge in [0.05, 0.1) is 31.2 Å². The molecule has 0 aromatic carbocycles. The molecule has 4 heterocycles. The summed E-state index contributed by atoms with van der Waals surface area (Å²) < 4.78 is 11.7. The highest BCUT2D eigenvalue weighted by molar-refractivity contribution is 9.09. The fourth-order valence-corrected chi connectivity index (χ4v) is 6.58. The molecular formula is C20H31BrN4O6. The molecule has 0 aromatic rings. The molecule has 4 aliphatic rings. The number of amides is 3. The molecule has 3 unspecified atom stereocenters. The van der Waals surface area contributed by atoms with Crippen LogP contribution in [-0.2, 0) is 23.9 Å². The molecule has 0 aromatic heterocycles. The second-order valence-electron chi connectivity index (χ2n) is 8.63. The van der Waals surface area contributed by atoms with Gasteiger partial charge in [-0.1, -0.05) is 15.9 Å². The molecule has 4 rings (SSSR count). The van der Waals surface area contributed by atoms with Gasteiger partial charge in [0.1, 0.15) is 11.6 Å². The number of nitrogens with one attached hydrogen (secondary N) is 2. The van der Waals surface area contributed by atoms with Crippen molar-refractivity contribution in [2.75, 3.05) is 59.6 Å². The van der Waals surface area contributed by atoms with Crippen LogP contribution in [0.25, 0.3) is 0 Å². The van der Waals surface area contributed by atoms with Crippen molar-refractivity contribution in [3.05, 3.63) is 0 Å². The Morgan fingerprint density at radius 2 is 2.00 bits per heavy atom. The molecule has 2 bridgehead atoms. The maximum absolute atomic E-state index is 13.4. The van der Waals surface area contributed by atoms with Crippen LogP contribution in [0.15, 0.2) is 0 Å². The van der Waals surface area contributed by atoms with Gasteiger partial charge in [-0.15, -0.1) is 0 Å². The second kappa shape index (κ2) is 9.30. The van der Waals surface area contributed by atoms with Crippen molar-refractivity contribution >= 4 is 33.7 Å². The summed E-state index contributed by atoms with van der Waals surface area (Å²) in [5, 5.41) is 15.0. The number of halogens is 1. The molecule has 174 valence electrons. The van der Waals surface area contributed by atoms with Gasteiger partial charge in [-0.05, 0) is 12.8 Å². The van der Waals surface area contributed by atoms with Gasteiger partial charge >= 0.3 is 0 Å². The smallest absolute Gasteiger partial charge is 0.245 e. The Labute approximate surface area is 190 Å². The number of ether oxygens (including phenoxy) is 2. The van der Waals surface area contributed by atoms with Gasteiger partial charge < -0.3 is 30.1 Å². The van der Waals surface area contributed by atoms with E-state index in [-0.39, 0.29) is 35.7 Å². The van der Waals surface area contributed by atoms with Crippen molar-refractivity contribution in [2.24, 2.45) is 11.8 Å². The number of fused-ring (bicyclic) bond motifs is 1. The molecule has 10 nitrogen and oxygen atoms in total. The lowest BCUT2D eigenvalue weighted by molar-refractivity contribution is -0.142. The van der Waals surface area contributed by atoms with Crippen LogP contribution in [0.1, 0.15) is 12.8 Å². The van der Waals surface area contributed by atoms with E-state index in [1.807, 2.05) is 0 Å². The zero-order chi connectivity index (χ0) is 22.2. The first-order chi connectivity index (χ1) is 14.9. The van der Waals surface area contributed by atoms with Crippen LogP contribution >= 0.6 is 15.9 Å². The van der Waals surface area contributed by atoms with Gasteiger partial charge in [-0.3, -0.25) is 19.3 Å². The summed E-state index contributed by atoms with van der Waals surface area (Å²) in [6.45, 7) is 4.35. The number of rotatable bonds is 8. The number of morpholine rings is 1. The molecule has 1 spiro atoms. The Bertz CT molecular complexity index is 720. The number of alkyl halides is 1. The minimum Gasteiger partial charge on any atom is -0.396 e. The number of aliphatic hydroxyl groups is 1. The van der Waals surface area contributed by atoms with E-state index in [0.717, 1.165) is 13.1 Å². The third kappa shape index (κ3) is 3.88. The predicted molar refractivity (Wildman–Crippen MR) is 113 cm³/mol. The Morgan fingerprint density at radius 3 is 2.68 bits per heavy atom. The predicted octanol–water partition coefficient (Wildman–Crippen LogP) is -1.69. The number of carbonyl (C=O) groups excluding carboxylic acids is 3. The van der Waals surface area contributed by atoms with E-state index >= 15 is 0 Å².